The molecule has 0 aliphatic heterocycles. The first-order valence-electron chi connectivity index (χ1n) is 7.10. The Bertz CT molecular complexity index is 552. The molecule has 1 N–H and O–H groups in total. The first kappa shape index (κ1) is 12.6. The Labute approximate surface area is 114 Å². The molecule has 0 spiro atoms. The summed E-state index contributed by atoms with van der Waals surface area (Å²) in [7, 11) is 1.82. The lowest BCUT2D eigenvalue weighted by Gasteiger charge is -2.19. The smallest absolute Gasteiger partial charge is 0.0724 e. The van der Waals surface area contributed by atoms with Crippen molar-refractivity contribution in [1.82, 2.24) is 5.32 Å². The Morgan fingerprint density at radius 1 is 1.11 bits per heavy atom. The number of rotatable bonds is 4. The summed E-state index contributed by atoms with van der Waals surface area (Å²) in [5, 5.41) is 6.26. The number of nitrogens with one attached hydrogen (secondary N) is 1. The van der Waals surface area contributed by atoms with Gasteiger partial charge in [-0.05, 0) is 41.7 Å². The zero-order chi connectivity index (χ0) is 13.1. The standard InChI is InChI=1S/C17H21NO/c1-19-17-8-4-7-16(17)18-12-13-9-10-14-5-2-3-6-15(14)11-13/h2-3,5-6,9-11,16-18H,4,7-8,12H2,1H3. The Balaban J connectivity index is 1.68. The van der Waals surface area contributed by atoms with Crippen LogP contribution in [-0.2, 0) is 11.3 Å². The second-order valence-corrected chi connectivity index (χ2v) is 5.37. The molecule has 1 fully saturated rings. The SMILES string of the molecule is COC1CCCC1NCc1ccc2ccccc2c1. The molecule has 0 amide bonds. The summed E-state index contributed by atoms with van der Waals surface area (Å²) in [5.41, 5.74) is 1.35. The summed E-state index contributed by atoms with van der Waals surface area (Å²) in [6, 6.07) is 15.7. The maximum atomic E-state index is 5.52. The number of hydrogen-bond donors (Lipinski definition) is 1. The van der Waals surface area contributed by atoms with Crippen LogP contribution in [-0.4, -0.2) is 19.3 Å². The van der Waals surface area contributed by atoms with E-state index in [9.17, 15) is 0 Å². The first-order valence-corrected chi connectivity index (χ1v) is 7.10. The van der Waals surface area contributed by atoms with Crippen molar-refractivity contribution in [2.45, 2.75) is 38.0 Å². The molecular formula is C17H21NO. The zero-order valence-electron chi connectivity index (χ0n) is 11.4. The fraction of sp³-hybridized carbons (Fsp3) is 0.412. The van der Waals surface area contributed by atoms with Gasteiger partial charge in [-0.3, -0.25) is 0 Å². The molecule has 0 bridgehead atoms. The minimum atomic E-state index is 0.389. The Hall–Kier alpha value is -1.38. The van der Waals surface area contributed by atoms with E-state index in [1.165, 1.54) is 35.6 Å². The molecule has 0 saturated heterocycles. The van der Waals surface area contributed by atoms with Gasteiger partial charge in [-0.25, -0.2) is 0 Å². The molecule has 3 rings (SSSR count). The van der Waals surface area contributed by atoms with Crippen LogP contribution in [0.1, 0.15) is 24.8 Å². The average Bonchev–Trinajstić information content (AvgIpc) is 2.92. The lowest BCUT2D eigenvalue weighted by molar-refractivity contribution is 0.0847. The molecule has 2 nitrogen and oxygen atoms in total. The predicted molar refractivity (Wildman–Crippen MR) is 79.2 cm³/mol. The van der Waals surface area contributed by atoms with Crippen molar-refractivity contribution in [2.75, 3.05) is 7.11 Å². The molecule has 19 heavy (non-hydrogen) atoms. The summed E-state index contributed by atoms with van der Waals surface area (Å²) in [5.74, 6) is 0. The van der Waals surface area contributed by atoms with Gasteiger partial charge in [0.2, 0.25) is 0 Å². The monoisotopic (exact) mass is 255 g/mol. The molecule has 1 aliphatic rings. The predicted octanol–water partition coefficient (Wildman–Crippen LogP) is 3.50. The van der Waals surface area contributed by atoms with Crippen molar-refractivity contribution in [3.63, 3.8) is 0 Å². The van der Waals surface area contributed by atoms with Crippen molar-refractivity contribution in [3.05, 3.63) is 48.0 Å². The van der Waals surface area contributed by atoms with Gasteiger partial charge >= 0.3 is 0 Å². The van der Waals surface area contributed by atoms with Gasteiger partial charge in [0.15, 0.2) is 0 Å². The third-order valence-corrected chi connectivity index (χ3v) is 4.14. The van der Waals surface area contributed by atoms with E-state index in [1.807, 2.05) is 7.11 Å². The van der Waals surface area contributed by atoms with Gasteiger partial charge in [-0.1, -0.05) is 36.4 Å². The van der Waals surface area contributed by atoms with E-state index in [-0.39, 0.29) is 0 Å². The third kappa shape index (κ3) is 2.80. The summed E-state index contributed by atoms with van der Waals surface area (Å²) in [4.78, 5) is 0. The van der Waals surface area contributed by atoms with Gasteiger partial charge in [0.25, 0.3) is 0 Å². The van der Waals surface area contributed by atoms with Crippen molar-refractivity contribution in [2.24, 2.45) is 0 Å². The van der Waals surface area contributed by atoms with Crippen molar-refractivity contribution < 1.29 is 4.74 Å². The molecule has 1 saturated carbocycles. The minimum absolute atomic E-state index is 0.389. The van der Waals surface area contributed by atoms with E-state index >= 15 is 0 Å². The summed E-state index contributed by atoms with van der Waals surface area (Å²) < 4.78 is 5.52. The highest BCUT2D eigenvalue weighted by molar-refractivity contribution is 5.82. The van der Waals surface area contributed by atoms with E-state index in [0.29, 0.717) is 12.1 Å². The molecular weight excluding hydrogens is 234 g/mol. The molecule has 2 heteroatoms. The highest BCUT2D eigenvalue weighted by atomic mass is 16.5. The lowest BCUT2D eigenvalue weighted by Crippen LogP contribution is -2.36. The molecule has 100 valence electrons. The van der Waals surface area contributed by atoms with Crippen molar-refractivity contribution in [1.29, 1.82) is 0 Å². The number of benzene rings is 2. The number of ether oxygens (including phenoxy) is 1. The molecule has 2 unspecified atom stereocenters. The van der Waals surface area contributed by atoms with Crippen LogP contribution >= 0.6 is 0 Å². The van der Waals surface area contributed by atoms with Crippen LogP contribution in [0.2, 0.25) is 0 Å². The van der Waals surface area contributed by atoms with Crippen molar-refractivity contribution in [3.8, 4) is 0 Å². The van der Waals surface area contributed by atoms with Crippen LogP contribution in [0.25, 0.3) is 10.8 Å². The maximum Gasteiger partial charge on any atom is 0.0724 e. The Kier molecular flexibility index (Phi) is 3.81. The molecule has 2 atom stereocenters. The first-order chi connectivity index (χ1) is 9.36. The van der Waals surface area contributed by atoms with Crippen LogP contribution in [0.15, 0.2) is 42.5 Å². The highest BCUT2D eigenvalue weighted by Crippen LogP contribution is 2.22. The van der Waals surface area contributed by atoms with E-state index in [0.717, 1.165) is 6.54 Å². The summed E-state index contributed by atoms with van der Waals surface area (Å²) in [6.45, 7) is 0.926. The highest BCUT2D eigenvalue weighted by Gasteiger charge is 2.26. The van der Waals surface area contributed by atoms with E-state index in [4.69, 9.17) is 4.74 Å². The van der Waals surface area contributed by atoms with E-state index < -0.39 is 0 Å². The number of hydrogen-bond acceptors (Lipinski definition) is 2. The molecule has 0 radical (unpaired) electrons. The fourth-order valence-corrected chi connectivity index (χ4v) is 3.04. The average molecular weight is 255 g/mol. The quantitative estimate of drug-likeness (QED) is 0.903. The van der Waals surface area contributed by atoms with E-state index in [2.05, 4.69) is 47.8 Å². The number of fused-ring (bicyclic) bond motifs is 1. The minimum Gasteiger partial charge on any atom is -0.380 e. The second kappa shape index (κ2) is 5.72. The zero-order valence-corrected chi connectivity index (χ0v) is 11.4. The van der Waals surface area contributed by atoms with Gasteiger partial charge < -0.3 is 10.1 Å². The van der Waals surface area contributed by atoms with Crippen LogP contribution in [0.3, 0.4) is 0 Å². The Morgan fingerprint density at radius 3 is 2.79 bits per heavy atom. The summed E-state index contributed by atoms with van der Waals surface area (Å²) in [6.07, 6.45) is 4.08. The third-order valence-electron chi connectivity index (χ3n) is 4.14. The van der Waals surface area contributed by atoms with Gasteiger partial charge in [0.05, 0.1) is 6.10 Å². The van der Waals surface area contributed by atoms with E-state index in [1.54, 1.807) is 0 Å². The fourth-order valence-electron chi connectivity index (χ4n) is 3.04. The molecule has 0 heterocycles. The van der Waals surface area contributed by atoms with Crippen LogP contribution in [0.5, 0.6) is 0 Å². The lowest BCUT2D eigenvalue weighted by atomic mass is 10.1. The van der Waals surface area contributed by atoms with Gasteiger partial charge in [-0.15, -0.1) is 0 Å². The molecule has 2 aromatic carbocycles. The van der Waals surface area contributed by atoms with Gasteiger partial charge in [0, 0.05) is 19.7 Å². The molecule has 1 aliphatic carbocycles. The van der Waals surface area contributed by atoms with Crippen LogP contribution in [0.4, 0.5) is 0 Å². The summed E-state index contributed by atoms with van der Waals surface area (Å²) >= 11 is 0. The largest absolute Gasteiger partial charge is 0.380 e. The number of methoxy groups -OCH3 is 1. The second-order valence-electron chi connectivity index (χ2n) is 5.37. The molecule has 0 aromatic heterocycles. The van der Waals surface area contributed by atoms with Gasteiger partial charge in [-0.2, -0.15) is 0 Å². The van der Waals surface area contributed by atoms with Gasteiger partial charge in [0.1, 0.15) is 0 Å². The van der Waals surface area contributed by atoms with Crippen LogP contribution < -0.4 is 5.32 Å². The normalized spacial score (nSPS) is 23.0. The van der Waals surface area contributed by atoms with Crippen LogP contribution in [0, 0.1) is 0 Å². The maximum absolute atomic E-state index is 5.52. The topological polar surface area (TPSA) is 21.3 Å². The Morgan fingerprint density at radius 2 is 1.95 bits per heavy atom. The van der Waals surface area contributed by atoms with Crippen molar-refractivity contribution >= 4 is 10.8 Å². The molecule has 2 aromatic rings.